The number of aromatic nitrogens is 1. The van der Waals surface area contributed by atoms with Crippen LogP contribution in [0.15, 0.2) is 46.6 Å². The van der Waals surface area contributed by atoms with E-state index in [-0.39, 0.29) is 12.1 Å². The first kappa shape index (κ1) is 19.3. The molecule has 0 spiro atoms. The Balaban J connectivity index is 1.89. The van der Waals surface area contributed by atoms with Crippen LogP contribution < -0.4 is 15.6 Å². The van der Waals surface area contributed by atoms with E-state index in [2.05, 4.69) is 10.3 Å². The molecule has 0 saturated carbocycles. The zero-order valence-electron chi connectivity index (χ0n) is 15.4. The molecule has 29 heavy (non-hydrogen) atoms. The molecule has 0 atom stereocenters. The van der Waals surface area contributed by atoms with Crippen LogP contribution in [0.4, 0.5) is 4.79 Å². The Morgan fingerprint density at radius 3 is 2.83 bits per heavy atom. The summed E-state index contributed by atoms with van der Waals surface area (Å²) < 4.78 is 6.28. The van der Waals surface area contributed by atoms with E-state index in [0.29, 0.717) is 21.9 Å². The van der Waals surface area contributed by atoms with Gasteiger partial charge >= 0.3 is 6.09 Å². The van der Waals surface area contributed by atoms with E-state index in [1.54, 1.807) is 7.11 Å². The average molecular weight is 429 g/mol. The molecule has 0 aliphatic heterocycles. The molecule has 0 saturated heterocycles. The summed E-state index contributed by atoms with van der Waals surface area (Å²) in [6.45, 7) is 0.281. The predicted octanol–water partition coefficient (Wildman–Crippen LogP) is 4.88. The van der Waals surface area contributed by atoms with Gasteiger partial charge in [0.15, 0.2) is 0 Å². The number of thiophene rings is 1. The monoisotopic (exact) mass is 428 g/mol. The minimum atomic E-state index is -1.06. The smallest absolute Gasteiger partial charge is 0.404 e. The van der Waals surface area contributed by atoms with Gasteiger partial charge in [-0.25, -0.2) is 4.79 Å². The first-order valence-electron chi connectivity index (χ1n) is 8.85. The lowest BCUT2D eigenvalue weighted by Gasteiger charge is -2.15. The molecule has 8 heteroatoms. The molecule has 2 aromatic carbocycles. The van der Waals surface area contributed by atoms with Gasteiger partial charge < -0.3 is 20.1 Å². The number of pyridine rings is 1. The zero-order valence-corrected chi connectivity index (χ0v) is 17.0. The van der Waals surface area contributed by atoms with Crippen molar-refractivity contribution in [3.05, 3.63) is 62.7 Å². The summed E-state index contributed by atoms with van der Waals surface area (Å²) in [6.07, 6.45) is -0.577. The predicted molar refractivity (Wildman–Crippen MR) is 117 cm³/mol. The molecule has 0 radical (unpaired) electrons. The molecule has 0 aliphatic rings. The second-order valence-corrected chi connectivity index (χ2v) is 7.79. The summed E-state index contributed by atoms with van der Waals surface area (Å²) in [5, 5.41) is 15.3. The number of nitrogens with one attached hydrogen (secondary N) is 2. The molecule has 0 fully saturated rings. The normalized spacial score (nSPS) is 11.1. The van der Waals surface area contributed by atoms with Crippen molar-refractivity contribution in [2.24, 2.45) is 0 Å². The number of halogens is 1. The van der Waals surface area contributed by atoms with Crippen LogP contribution in [0.25, 0.3) is 32.1 Å². The van der Waals surface area contributed by atoms with E-state index in [4.69, 9.17) is 21.4 Å². The third-order valence-electron chi connectivity index (χ3n) is 4.79. The third-order valence-corrected chi connectivity index (χ3v) is 6.05. The molecule has 0 bridgehead atoms. The maximum absolute atomic E-state index is 12.4. The molecule has 3 N–H and O–H groups in total. The number of fused-ring (bicyclic) bond motifs is 3. The molecular weight excluding hydrogens is 412 g/mol. The fraction of sp³-hybridized carbons (Fsp3) is 0.143. The molecule has 1 amide bonds. The Labute approximate surface area is 174 Å². The Hall–Kier alpha value is -3.03. The molecule has 4 aromatic rings. The van der Waals surface area contributed by atoms with Crippen LogP contribution in [0.2, 0.25) is 5.02 Å². The van der Waals surface area contributed by atoms with Crippen LogP contribution >= 0.6 is 22.9 Å². The maximum atomic E-state index is 12.4. The lowest BCUT2D eigenvalue weighted by atomic mass is 9.96. The minimum Gasteiger partial charge on any atom is -0.496 e. The van der Waals surface area contributed by atoms with E-state index in [1.807, 2.05) is 41.8 Å². The van der Waals surface area contributed by atoms with E-state index in [1.165, 1.54) is 11.3 Å². The summed E-state index contributed by atoms with van der Waals surface area (Å²) in [6, 6.07) is 11.3. The van der Waals surface area contributed by atoms with E-state index < -0.39 is 6.09 Å². The average Bonchev–Trinajstić information content (AvgIpc) is 3.19. The fourth-order valence-corrected chi connectivity index (χ4v) is 4.57. The molecule has 148 valence electrons. The number of rotatable bonds is 5. The molecule has 0 aliphatic carbocycles. The minimum absolute atomic E-state index is 0.113. The van der Waals surface area contributed by atoms with E-state index in [0.717, 1.165) is 33.0 Å². The Kier molecular flexibility index (Phi) is 5.17. The van der Waals surface area contributed by atoms with Crippen molar-refractivity contribution in [2.45, 2.75) is 6.42 Å². The highest BCUT2D eigenvalue weighted by molar-refractivity contribution is 7.17. The maximum Gasteiger partial charge on any atom is 0.404 e. The second kappa shape index (κ2) is 7.77. The van der Waals surface area contributed by atoms with Gasteiger partial charge in [0.1, 0.15) is 10.4 Å². The molecule has 2 aromatic heterocycles. The number of methoxy groups -OCH3 is 1. The van der Waals surface area contributed by atoms with Crippen LogP contribution in [-0.4, -0.2) is 29.8 Å². The van der Waals surface area contributed by atoms with Gasteiger partial charge in [0, 0.05) is 33.4 Å². The topological polar surface area (TPSA) is 91.4 Å². The Morgan fingerprint density at radius 1 is 1.28 bits per heavy atom. The van der Waals surface area contributed by atoms with E-state index in [9.17, 15) is 9.59 Å². The van der Waals surface area contributed by atoms with Crippen molar-refractivity contribution < 1.29 is 14.6 Å². The Bertz CT molecular complexity index is 1300. The van der Waals surface area contributed by atoms with Crippen LogP contribution in [0.3, 0.4) is 0 Å². The zero-order chi connectivity index (χ0) is 20.5. The van der Waals surface area contributed by atoms with Crippen LogP contribution in [0.1, 0.15) is 5.56 Å². The van der Waals surface area contributed by atoms with Crippen molar-refractivity contribution >= 4 is 50.0 Å². The summed E-state index contributed by atoms with van der Waals surface area (Å²) >= 11 is 7.89. The first-order valence-corrected chi connectivity index (χ1v) is 10.1. The summed E-state index contributed by atoms with van der Waals surface area (Å²) in [4.78, 5) is 25.9. The first-order chi connectivity index (χ1) is 14.0. The molecular formula is C21H17ClN2O4S. The van der Waals surface area contributed by atoms with Crippen molar-refractivity contribution in [1.82, 2.24) is 10.3 Å². The summed E-state index contributed by atoms with van der Waals surface area (Å²) in [5.74, 6) is 0.674. The van der Waals surface area contributed by atoms with Crippen molar-refractivity contribution in [1.29, 1.82) is 0 Å². The number of ether oxygens (including phenoxy) is 1. The van der Waals surface area contributed by atoms with Gasteiger partial charge in [-0.05, 0) is 47.2 Å². The number of amides is 1. The number of hydrogen-bond donors (Lipinski definition) is 3. The number of aromatic amines is 1. The van der Waals surface area contributed by atoms with Gasteiger partial charge in [-0.15, -0.1) is 11.3 Å². The summed E-state index contributed by atoms with van der Waals surface area (Å²) in [7, 11) is 1.61. The van der Waals surface area contributed by atoms with Gasteiger partial charge in [-0.3, -0.25) is 4.79 Å². The van der Waals surface area contributed by atoms with Gasteiger partial charge in [-0.1, -0.05) is 23.7 Å². The quantitative estimate of drug-likeness (QED) is 0.422. The van der Waals surface area contributed by atoms with Gasteiger partial charge in [0.05, 0.1) is 7.11 Å². The second-order valence-electron chi connectivity index (χ2n) is 6.47. The van der Waals surface area contributed by atoms with Gasteiger partial charge in [-0.2, -0.15) is 0 Å². The molecule has 0 unspecified atom stereocenters. The Morgan fingerprint density at radius 2 is 2.10 bits per heavy atom. The largest absolute Gasteiger partial charge is 0.496 e. The number of carboxylic acid groups (broad SMARTS) is 1. The van der Waals surface area contributed by atoms with Gasteiger partial charge in [0.2, 0.25) is 0 Å². The number of benzene rings is 2. The molecule has 4 rings (SSSR count). The van der Waals surface area contributed by atoms with Crippen LogP contribution in [0, 0.1) is 0 Å². The number of carbonyl (C=O) groups is 1. The molecule has 2 heterocycles. The lowest BCUT2D eigenvalue weighted by molar-refractivity contribution is 0.194. The van der Waals surface area contributed by atoms with Crippen LogP contribution in [0.5, 0.6) is 5.75 Å². The highest BCUT2D eigenvalue weighted by Crippen LogP contribution is 2.41. The molecule has 6 nitrogen and oxygen atoms in total. The number of hydrogen-bond acceptors (Lipinski definition) is 4. The fourth-order valence-electron chi connectivity index (χ4n) is 3.49. The van der Waals surface area contributed by atoms with Crippen LogP contribution in [-0.2, 0) is 6.42 Å². The summed E-state index contributed by atoms with van der Waals surface area (Å²) in [5.41, 5.74) is 3.16. The number of H-pyrrole nitrogens is 1. The standard InChI is InChI=1S/C21H17ClN2O4S/c1-28-16-5-4-15-18(13-7-9-29-19(13)20(25)24-15)17(16)12-3-2-11(14(22)10-12)6-8-23-21(26)27/h2-5,7,9-10,23H,6,8H2,1H3,(H,24,25)(H,26,27). The van der Waals surface area contributed by atoms with E-state index >= 15 is 0 Å². The lowest BCUT2D eigenvalue weighted by Crippen LogP contribution is -2.23. The highest BCUT2D eigenvalue weighted by Gasteiger charge is 2.17. The highest BCUT2D eigenvalue weighted by atomic mass is 35.5. The van der Waals surface area contributed by atoms with Crippen molar-refractivity contribution in [3.63, 3.8) is 0 Å². The van der Waals surface area contributed by atoms with Gasteiger partial charge in [0.25, 0.3) is 5.56 Å². The van der Waals surface area contributed by atoms with Crippen molar-refractivity contribution in [2.75, 3.05) is 13.7 Å². The third kappa shape index (κ3) is 3.54. The van der Waals surface area contributed by atoms with Crippen molar-refractivity contribution in [3.8, 4) is 16.9 Å². The SMILES string of the molecule is COc1ccc2[nH]c(=O)c3sccc3c2c1-c1ccc(CCNC(=O)O)c(Cl)c1.